The second-order valence-electron chi connectivity index (χ2n) is 5.96. The monoisotopic (exact) mass is 341 g/mol. The highest BCUT2D eigenvalue weighted by molar-refractivity contribution is 6.04. The van der Waals surface area contributed by atoms with E-state index >= 15 is 0 Å². The fourth-order valence-electron chi connectivity index (χ4n) is 2.86. The second kappa shape index (κ2) is 7.21. The van der Waals surface area contributed by atoms with E-state index in [1.165, 1.54) is 0 Å². The van der Waals surface area contributed by atoms with Crippen LogP contribution in [0.5, 0.6) is 5.75 Å². The summed E-state index contributed by atoms with van der Waals surface area (Å²) < 4.78 is 5.20. The van der Waals surface area contributed by atoms with Crippen molar-refractivity contribution in [3.63, 3.8) is 0 Å². The summed E-state index contributed by atoms with van der Waals surface area (Å²) in [5.74, 6) is -0.673. The van der Waals surface area contributed by atoms with Gasteiger partial charge in [-0.05, 0) is 49.4 Å². The van der Waals surface area contributed by atoms with Gasteiger partial charge >= 0.3 is 0 Å². The quantitative estimate of drug-likeness (QED) is 0.762. The van der Waals surface area contributed by atoms with Crippen LogP contribution in [0.15, 0.2) is 35.1 Å². The molecule has 1 aliphatic carbocycles. The van der Waals surface area contributed by atoms with Gasteiger partial charge in [0.1, 0.15) is 11.3 Å². The minimum Gasteiger partial charge on any atom is -0.484 e. The Morgan fingerprint density at radius 1 is 1.20 bits per heavy atom. The van der Waals surface area contributed by atoms with E-state index in [-0.39, 0.29) is 17.7 Å². The molecule has 1 aromatic heterocycles. The number of nitrogens with two attached hydrogens (primary N) is 1. The van der Waals surface area contributed by atoms with Gasteiger partial charge in [-0.15, -0.1) is 0 Å². The molecule has 0 radical (unpaired) electrons. The predicted octanol–water partition coefficient (Wildman–Crippen LogP) is 1.37. The molecule has 0 fully saturated rings. The number of anilines is 1. The molecule has 7 nitrogen and oxygen atoms in total. The topological polar surface area (TPSA) is 114 Å². The van der Waals surface area contributed by atoms with Crippen molar-refractivity contribution in [2.24, 2.45) is 5.73 Å². The number of hydrogen-bond acceptors (Lipinski definition) is 4. The lowest BCUT2D eigenvalue weighted by Gasteiger charge is -2.16. The van der Waals surface area contributed by atoms with Gasteiger partial charge in [0.2, 0.25) is 0 Å². The molecule has 2 aromatic rings. The molecule has 0 bridgehead atoms. The summed E-state index contributed by atoms with van der Waals surface area (Å²) in [6.45, 7) is -0.248. The van der Waals surface area contributed by atoms with Crippen LogP contribution >= 0.6 is 0 Å². The third-order valence-corrected chi connectivity index (χ3v) is 4.06. The highest BCUT2D eigenvalue weighted by atomic mass is 16.5. The number of aryl methyl sites for hydroxylation is 2. The number of H-pyrrole nitrogens is 1. The van der Waals surface area contributed by atoms with Crippen LogP contribution in [0.25, 0.3) is 0 Å². The lowest BCUT2D eigenvalue weighted by atomic mass is 9.95. The maximum Gasteiger partial charge on any atom is 0.261 e. The maximum absolute atomic E-state index is 12.5. The van der Waals surface area contributed by atoms with E-state index in [0.717, 1.165) is 36.9 Å². The molecule has 25 heavy (non-hydrogen) atoms. The molecular formula is C18H19N3O4. The summed E-state index contributed by atoms with van der Waals surface area (Å²) in [7, 11) is 0. The van der Waals surface area contributed by atoms with Crippen molar-refractivity contribution in [3.05, 3.63) is 57.5 Å². The van der Waals surface area contributed by atoms with Gasteiger partial charge in [-0.3, -0.25) is 14.4 Å². The molecule has 1 aromatic carbocycles. The average Bonchev–Trinajstić information content (AvgIpc) is 2.59. The van der Waals surface area contributed by atoms with Crippen LogP contribution in [0.1, 0.15) is 34.5 Å². The van der Waals surface area contributed by atoms with Crippen LogP contribution < -0.4 is 21.3 Å². The highest BCUT2D eigenvalue weighted by Gasteiger charge is 2.17. The van der Waals surface area contributed by atoms with Crippen molar-refractivity contribution < 1.29 is 14.3 Å². The molecule has 3 rings (SSSR count). The number of amides is 2. The Hall–Kier alpha value is -3.09. The zero-order valence-electron chi connectivity index (χ0n) is 13.6. The van der Waals surface area contributed by atoms with Gasteiger partial charge in [0.15, 0.2) is 6.61 Å². The number of aromatic nitrogens is 1. The number of rotatable bonds is 5. The van der Waals surface area contributed by atoms with E-state index in [9.17, 15) is 14.4 Å². The largest absolute Gasteiger partial charge is 0.484 e. The molecule has 7 heteroatoms. The molecule has 1 heterocycles. The van der Waals surface area contributed by atoms with Crippen molar-refractivity contribution in [2.75, 3.05) is 11.9 Å². The molecule has 0 aliphatic heterocycles. The Kier molecular flexibility index (Phi) is 4.83. The number of fused-ring (bicyclic) bond motifs is 1. The third-order valence-electron chi connectivity index (χ3n) is 4.06. The number of nitrogens with one attached hydrogen (secondary N) is 2. The summed E-state index contributed by atoms with van der Waals surface area (Å²) in [5.41, 5.74) is 7.14. The Morgan fingerprint density at radius 2 is 2.00 bits per heavy atom. The Morgan fingerprint density at radius 3 is 2.80 bits per heavy atom. The number of primary amides is 1. The molecular weight excluding hydrogens is 322 g/mol. The number of carbonyl (C=O) groups is 2. The number of ether oxygens (including phenoxy) is 1. The van der Waals surface area contributed by atoms with E-state index < -0.39 is 11.8 Å². The number of benzene rings is 1. The summed E-state index contributed by atoms with van der Waals surface area (Å²) in [5, 5.41) is 2.68. The molecule has 0 saturated carbocycles. The summed E-state index contributed by atoms with van der Waals surface area (Å²) in [6.07, 6.45) is 3.81. The molecule has 130 valence electrons. The Balaban J connectivity index is 1.77. The fraction of sp³-hybridized carbons (Fsp3) is 0.278. The van der Waals surface area contributed by atoms with Crippen LogP contribution in [0.2, 0.25) is 0 Å². The standard InChI is InChI=1S/C18H19N3O4/c19-16(22)10-25-13-6-3-5-12(9-13)20-17(23)14-8-11-4-1-2-7-15(11)21-18(14)24/h3,5-6,8-9H,1-2,4,7,10H2,(H2,19,22)(H,20,23)(H,21,24). The lowest BCUT2D eigenvalue weighted by molar-refractivity contribution is -0.119. The number of pyridine rings is 1. The van der Waals surface area contributed by atoms with Crippen LogP contribution in [-0.4, -0.2) is 23.4 Å². The van der Waals surface area contributed by atoms with Crippen LogP contribution in [-0.2, 0) is 17.6 Å². The molecule has 1 aliphatic rings. The number of aromatic amines is 1. The summed E-state index contributed by atoms with van der Waals surface area (Å²) in [6, 6.07) is 8.22. The van der Waals surface area contributed by atoms with Crippen LogP contribution in [0, 0.1) is 0 Å². The normalized spacial score (nSPS) is 13.0. The second-order valence-corrected chi connectivity index (χ2v) is 5.96. The van der Waals surface area contributed by atoms with Crippen molar-refractivity contribution in [2.45, 2.75) is 25.7 Å². The smallest absolute Gasteiger partial charge is 0.261 e. The molecule has 0 saturated heterocycles. The highest BCUT2D eigenvalue weighted by Crippen LogP contribution is 2.20. The molecule has 4 N–H and O–H groups in total. The van der Waals surface area contributed by atoms with E-state index in [0.29, 0.717) is 11.4 Å². The van der Waals surface area contributed by atoms with Gasteiger partial charge in [-0.25, -0.2) is 0 Å². The van der Waals surface area contributed by atoms with Crippen molar-refractivity contribution in [3.8, 4) is 5.75 Å². The van der Waals surface area contributed by atoms with Gasteiger partial charge in [0, 0.05) is 17.4 Å². The number of carbonyl (C=O) groups excluding carboxylic acids is 2. The van der Waals surface area contributed by atoms with E-state index in [4.69, 9.17) is 10.5 Å². The lowest BCUT2D eigenvalue weighted by Crippen LogP contribution is -2.26. The maximum atomic E-state index is 12.5. The first kappa shape index (κ1) is 16.8. The van der Waals surface area contributed by atoms with Gasteiger partial charge in [-0.1, -0.05) is 6.07 Å². The van der Waals surface area contributed by atoms with Gasteiger partial charge in [0.25, 0.3) is 17.4 Å². The first-order valence-corrected chi connectivity index (χ1v) is 8.10. The van der Waals surface area contributed by atoms with Crippen molar-refractivity contribution in [1.82, 2.24) is 4.98 Å². The first-order valence-electron chi connectivity index (χ1n) is 8.10. The molecule has 0 unspecified atom stereocenters. The molecule has 2 amide bonds. The van der Waals surface area contributed by atoms with E-state index in [2.05, 4.69) is 10.3 Å². The van der Waals surface area contributed by atoms with Crippen molar-refractivity contribution >= 4 is 17.5 Å². The van der Waals surface area contributed by atoms with E-state index in [1.54, 1.807) is 30.3 Å². The third kappa shape index (κ3) is 4.06. The average molecular weight is 341 g/mol. The summed E-state index contributed by atoms with van der Waals surface area (Å²) >= 11 is 0. The fourth-order valence-corrected chi connectivity index (χ4v) is 2.86. The van der Waals surface area contributed by atoms with Gasteiger partial charge < -0.3 is 20.8 Å². The zero-order valence-corrected chi connectivity index (χ0v) is 13.6. The predicted molar refractivity (Wildman–Crippen MR) is 92.8 cm³/mol. The SMILES string of the molecule is NC(=O)COc1cccc(NC(=O)c2cc3c([nH]c2=O)CCCC3)c1. The van der Waals surface area contributed by atoms with Crippen LogP contribution in [0.3, 0.4) is 0 Å². The van der Waals surface area contributed by atoms with Gasteiger partial charge in [-0.2, -0.15) is 0 Å². The first-order chi connectivity index (χ1) is 12.0. The summed E-state index contributed by atoms with van der Waals surface area (Å²) in [4.78, 5) is 38.2. The van der Waals surface area contributed by atoms with Crippen LogP contribution in [0.4, 0.5) is 5.69 Å². The number of hydrogen-bond donors (Lipinski definition) is 3. The zero-order chi connectivity index (χ0) is 17.8. The van der Waals surface area contributed by atoms with Gasteiger partial charge in [0.05, 0.1) is 0 Å². The minimum absolute atomic E-state index is 0.0871. The Labute approximate surface area is 144 Å². The van der Waals surface area contributed by atoms with Crippen molar-refractivity contribution in [1.29, 1.82) is 0 Å². The Bertz CT molecular complexity index is 873. The molecule has 0 spiro atoms. The minimum atomic E-state index is -0.588. The molecule has 0 atom stereocenters. The van der Waals surface area contributed by atoms with E-state index in [1.807, 2.05) is 0 Å².